The number of halogens is 4. The Hall–Kier alpha value is -1.51. The van der Waals surface area contributed by atoms with Crippen LogP contribution in [0.4, 0.5) is 13.2 Å². The largest absolute Gasteiger partial charge is 0.416 e. The van der Waals surface area contributed by atoms with Crippen molar-refractivity contribution in [2.45, 2.75) is 19.0 Å². The maximum atomic E-state index is 12.5. The number of hydrogen-bond acceptors (Lipinski definition) is 3. The first-order chi connectivity index (χ1) is 13.5. The highest BCUT2D eigenvalue weighted by Gasteiger charge is 2.29. The molecular weight excluding hydrogens is 498 g/mol. The molecule has 1 aromatic rings. The van der Waals surface area contributed by atoms with Gasteiger partial charge in [0.05, 0.1) is 25.3 Å². The Morgan fingerprint density at radius 1 is 1.28 bits per heavy atom. The molecule has 1 aliphatic heterocycles. The van der Waals surface area contributed by atoms with Crippen molar-refractivity contribution in [3.63, 3.8) is 0 Å². The van der Waals surface area contributed by atoms with Gasteiger partial charge in [0, 0.05) is 38.3 Å². The number of alkyl halides is 3. The van der Waals surface area contributed by atoms with Gasteiger partial charge in [-0.3, -0.25) is 4.99 Å². The first kappa shape index (κ1) is 25.5. The van der Waals surface area contributed by atoms with E-state index in [1.807, 2.05) is 0 Å². The molecule has 0 bridgehead atoms. The topological polar surface area (TPSA) is 54.9 Å². The van der Waals surface area contributed by atoms with Crippen LogP contribution in [0.3, 0.4) is 0 Å². The standard InChI is InChI=1S/C20H26F3N3O2.HI/c1-24-19(26-11-3-12-27-14-17-9-13-28-15-17)25-10-2-4-16-5-7-18(8-6-16)20(21,22)23;/h5-8,17H,3,9-15H2,1H3,(H2,24,25,26);1H. The molecule has 0 spiro atoms. The molecule has 0 amide bonds. The van der Waals surface area contributed by atoms with Crippen LogP contribution in [0.15, 0.2) is 29.3 Å². The zero-order valence-electron chi connectivity index (χ0n) is 16.3. The van der Waals surface area contributed by atoms with Crippen molar-refractivity contribution in [3.8, 4) is 11.8 Å². The second kappa shape index (κ2) is 13.7. The van der Waals surface area contributed by atoms with E-state index in [0.717, 1.165) is 44.8 Å². The van der Waals surface area contributed by atoms with E-state index in [2.05, 4.69) is 27.5 Å². The van der Waals surface area contributed by atoms with Gasteiger partial charge in [0.1, 0.15) is 0 Å². The van der Waals surface area contributed by atoms with Crippen LogP contribution < -0.4 is 10.6 Å². The summed E-state index contributed by atoms with van der Waals surface area (Å²) in [7, 11) is 1.66. The molecule has 1 fully saturated rings. The van der Waals surface area contributed by atoms with Gasteiger partial charge in [-0.2, -0.15) is 13.2 Å². The van der Waals surface area contributed by atoms with E-state index in [9.17, 15) is 13.2 Å². The Balaban J connectivity index is 0.00000420. The first-order valence-electron chi connectivity index (χ1n) is 9.25. The van der Waals surface area contributed by atoms with E-state index in [-0.39, 0.29) is 24.0 Å². The van der Waals surface area contributed by atoms with Crippen LogP contribution in [0.2, 0.25) is 0 Å². The lowest BCUT2D eigenvalue weighted by Gasteiger charge is -2.11. The Bertz CT molecular complexity index is 679. The monoisotopic (exact) mass is 525 g/mol. The van der Waals surface area contributed by atoms with E-state index >= 15 is 0 Å². The van der Waals surface area contributed by atoms with Crippen LogP contribution in [0.25, 0.3) is 0 Å². The Morgan fingerprint density at radius 3 is 2.66 bits per heavy atom. The van der Waals surface area contributed by atoms with E-state index < -0.39 is 11.7 Å². The van der Waals surface area contributed by atoms with E-state index in [1.165, 1.54) is 12.1 Å². The normalized spacial score (nSPS) is 16.6. The van der Waals surface area contributed by atoms with Crippen LogP contribution >= 0.6 is 24.0 Å². The van der Waals surface area contributed by atoms with E-state index in [1.54, 1.807) is 7.05 Å². The molecule has 0 radical (unpaired) electrons. The van der Waals surface area contributed by atoms with Crippen molar-refractivity contribution in [2.75, 3.05) is 46.6 Å². The van der Waals surface area contributed by atoms with Crippen molar-refractivity contribution in [1.82, 2.24) is 10.6 Å². The third-order valence-corrected chi connectivity index (χ3v) is 4.15. The van der Waals surface area contributed by atoms with Gasteiger partial charge >= 0.3 is 6.18 Å². The molecule has 1 unspecified atom stereocenters. The molecule has 1 aromatic carbocycles. The van der Waals surface area contributed by atoms with Gasteiger partial charge in [-0.1, -0.05) is 11.8 Å². The number of ether oxygens (including phenoxy) is 2. The number of benzene rings is 1. The summed E-state index contributed by atoms with van der Waals surface area (Å²) < 4.78 is 48.5. The van der Waals surface area contributed by atoms with Crippen molar-refractivity contribution in [1.29, 1.82) is 0 Å². The number of aliphatic imine (C=N–C) groups is 1. The lowest BCUT2D eigenvalue weighted by molar-refractivity contribution is -0.137. The molecule has 2 rings (SSSR count). The van der Waals surface area contributed by atoms with E-state index in [4.69, 9.17) is 9.47 Å². The molecule has 1 saturated heterocycles. The Kier molecular flexibility index (Phi) is 12.0. The van der Waals surface area contributed by atoms with Gasteiger partial charge < -0.3 is 20.1 Å². The number of nitrogens with one attached hydrogen (secondary N) is 2. The highest BCUT2D eigenvalue weighted by molar-refractivity contribution is 14.0. The van der Waals surface area contributed by atoms with Crippen molar-refractivity contribution < 1.29 is 22.6 Å². The quantitative estimate of drug-likeness (QED) is 0.189. The average Bonchev–Trinajstić information content (AvgIpc) is 3.19. The summed E-state index contributed by atoms with van der Waals surface area (Å²) in [5.41, 5.74) is -0.149. The van der Waals surface area contributed by atoms with Gasteiger partial charge in [0.25, 0.3) is 0 Å². The maximum absolute atomic E-state index is 12.5. The fraction of sp³-hybridized carbons (Fsp3) is 0.550. The molecule has 9 heteroatoms. The molecule has 162 valence electrons. The van der Waals surface area contributed by atoms with E-state index in [0.29, 0.717) is 37.1 Å². The summed E-state index contributed by atoms with van der Waals surface area (Å²) >= 11 is 0. The minimum Gasteiger partial charge on any atom is -0.381 e. The van der Waals surface area contributed by atoms with Crippen molar-refractivity contribution in [3.05, 3.63) is 35.4 Å². The first-order valence-corrected chi connectivity index (χ1v) is 9.25. The predicted molar refractivity (Wildman–Crippen MR) is 117 cm³/mol. The second-order valence-electron chi connectivity index (χ2n) is 6.39. The fourth-order valence-corrected chi connectivity index (χ4v) is 2.58. The molecule has 5 nitrogen and oxygen atoms in total. The molecule has 0 aliphatic carbocycles. The lowest BCUT2D eigenvalue weighted by atomic mass is 10.1. The minimum absolute atomic E-state index is 0. The van der Waals surface area contributed by atoms with Crippen LogP contribution in [0.1, 0.15) is 24.0 Å². The summed E-state index contributed by atoms with van der Waals surface area (Å²) in [6.45, 7) is 4.09. The van der Waals surface area contributed by atoms with Gasteiger partial charge in [-0.25, -0.2) is 0 Å². The van der Waals surface area contributed by atoms with Crippen LogP contribution in [0.5, 0.6) is 0 Å². The summed E-state index contributed by atoms with van der Waals surface area (Å²) in [5.74, 6) is 6.82. The third-order valence-electron chi connectivity index (χ3n) is 4.15. The smallest absolute Gasteiger partial charge is 0.381 e. The molecule has 0 saturated carbocycles. The molecule has 2 N–H and O–H groups in total. The third kappa shape index (κ3) is 10.2. The molecule has 1 aliphatic rings. The zero-order valence-corrected chi connectivity index (χ0v) is 18.7. The van der Waals surface area contributed by atoms with Crippen LogP contribution in [0, 0.1) is 17.8 Å². The number of rotatable bonds is 7. The molecule has 1 atom stereocenters. The lowest BCUT2D eigenvalue weighted by Crippen LogP contribution is -2.38. The molecule has 0 aromatic heterocycles. The van der Waals surface area contributed by atoms with Crippen LogP contribution in [-0.2, 0) is 15.7 Å². The Morgan fingerprint density at radius 2 is 2.03 bits per heavy atom. The number of hydrogen-bond donors (Lipinski definition) is 2. The summed E-state index contributed by atoms with van der Waals surface area (Å²) in [4.78, 5) is 4.10. The SMILES string of the molecule is CN=C(NCC#Cc1ccc(C(F)(F)F)cc1)NCCCOCC1CCOC1.I. The highest BCUT2D eigenvalue weighted by Crippen LogP contribution is 2.28. The summed E-state index contributed by atoms with van der Waals surface area (Å²) in [6, 6.07) is 4.78. The van der Waals surface area contributed by atoms with Gasteiger partial charge in [0.2, 0.25) is 0 Å². The molecular formula is C20H27F3IN3O2. The van der Waals surface area contributed by atoms with Gasteiger partial charge in [-0.15, -0.1) is 24.0 Å². The van der Waals surface area contributed by atoms with Gasteiger partial charge in [-0.05, 0) is 37.1 Å². The Labute approximate surface area is 186 Å². The fourth-order valence-electron chi connectivity index (χ4n) is 2.58. The minimum atomic E-state index is -4.33. The summed E-state index contributed by atoms with van der Waals surface area (Å²) in [5, 5.41) is 6.20. The summed E-state index contributed by atoms with van der Waals surface area (Å²) in [6.07, 6.45) is -2.41. The van der Waals surface area contributed by atoms with Crippen LogP contribution in [-0.4, -0.2) is 52.5 Å². The zero-order chi connectivity index (χ0) is 20.2. The number of nitrogens with zero attached hydrogens (tertiary/aromatic N) is 1. The maximum Gasteiger partial charge on any atom is 0.416 e. The van der Waals surface area contributed by atoms with Crippen molar-refractivity contribution in [2.24, 2.45) is 10.9 Å². The average molecular weight is 525 g/mol. The predicted octanol–water partition coefficient (Wildman–Crippen LogP) is 3.28. The molecule has 1 heterocycles. The van der Waals surface area contributed by atoms with Crippen molar-refractivity contribution >= 4 is 29.9 Å². The highest BCUT2D eigenvalue weighted by atomic mass is 127. The number of guanidine groups is 1. The van der Waals surface area contributed by atoms with Gasteiger partial charge in [0.15, 0.2) is 5.96 Å². The second-order valence-corrected chi connectivity index (χ2v) is 6.39. The molecule has 29 heavy (non-hydrogen) atoms.